The summed E-state index contributed by atoms with van der Waals surface area (Å²) in [4.78, 5) is 2.34. The molecule has 0 fully saturated rings. The van der Waals surface area contributed by atoms with E-state index in [-0.39, 0.29) is 0 Å². The van der Waals surface area contributed by atoms with Crippen LogP contribution in [0.25, 0.3) is 66.1 Å². The molecule has 8 aromatic carbocycles. The van der Waals surface area contributed by atoms with Crippen molar-refractivity contribution in [3.05, 3.63) is 188 Å². The molecule has 0 aliphatic rings. The van der Waals surface area contributed by atoms with Crippen molar-refractivity contribution in [3.63, 3.8) is 0 Å². The summed E-state index contributed by atoms with van der Waals surface area (Å²) < 4.78 is 6.35. The summed E-state index contributed by atoms with van der Waals surface area (Å²) in [7, 11) is 0. The Morgan fingerprint density at radius 2 is 0.771 bits per heavy atom. The van der Waals surface area contributed by atoms with Crippen molar-refractivity contribution in [2.75, 3.05) is 4.90 Å². The maximum atomic E-state index is 6.35. The largest absolute Gasteiger partial charge is 0.456 e. The summed E-state index contributed by atoms with van der Waals surface area (Å²) in [6.45, 7) is 0. The molecule has 0 bridgehead atoms. The minimum Gasteiger partial charge on any atom is -0.456 e. The smallest absolute Gasteiger partial charge is 0.136 e. The van der Waals surface area contributed by atoms with Gasteiger partial charge >= 0.3 is 0 Å². The van der Waals surface area contributed by atoms with Gasteiger partial charge in [0.25, 0.3) is 0 Å². The van der Waals surface area contributed by atoms with Crippen LogP contribution < -0.4 is 4.90 Å². The number of nitrogens with zero attached hydrogens (tertiary/aromatic N) is 1. The first-order chi connectivity index (χ1) is 23.8. The van der Waals surface area contributed by atoms with Gasteiger partial charge in [-0.15, -0.1) is 0 Å². The molecule has 1 aromatic heterocycles. The van der Waals surface area contributed by atoms with Crippen molar-refractivity contribution in [2.24, 2.45) is 0 Å². The van der Waals surface area contributed by atoms with Gasteiger partial charge in [-0.25, -0.2) is 0 Å². The Kier molecular flexibility index (Phi) is 6.84. The molecular weight excluding hydrogens is 583 g/mol. The molecule has 0 aliphatic heterocycles. The van der Waals surface area contributed by atoms with E-state index in [0.29, 0.717) is 0 Å². The SMILES string of the molecule is c1ccc(-c2ccc(N(c3ccc(-c4ccccc4)cc3)c3ccc4c(ccc5oc6ccc(-c7ccccc7)cc6c54)c3)cc2)cc1. The van der Waals surface area contributed by atoms with Gasteiger partial charge in [0.05, 0.1) is 0 Å². The number of hydrogen-bond acceptors (Lipinski definition) is 2. The van der Waals surface area contributed by atoms with Gasteiger partial charge < -0.3 is 9.32 Å². The summed E-state index contributed by atoms with van der Waals surface area (Å²) in [6.07, 6.45) is 0. The first-order valence-electron chi connectivity index (χ1n) is 16.3. The van der Waals surface area contributed by atoms with E-state index in [1.54, 1.807) is 0 Å². The van der Waals surface area contributed by atoms with Gasteiger partial charge in [-0.1, -0.05) is 133 Å². The average molecular weight is 614 g/mol. The third-order valence-corrected chi connectivity index (χ3v) is 9.26. The number of rotatable bonds is 6. The summed E-state index contributed by atoms with van der Waals surface area (Å²) in [5.74, 6) is 0. The zero-order chi connectivity index (χ0) is 31.9. The van der Waals surface area contributed by atoms with Gasteiger partial charge in [0.15, 0.2) is 0 Å². The highest BCUT2D eigenvalue weighted by molar-refractivity contribution is 6.19. The monoisotopic (exact) mass is 613 g/mol. The molecule has 9 aromatic rings. The normalized spacial score (nSPS) is 11.3. The molecule has 2 nitrogen and oxygen atoms in total. The molecule has 0 saturated heterocycles. The van der Waals surface area contributed by atoms with Crippen LogP contribution in [0.15, 0.2) is 192 Å². The molecule has 9 rings (SSSR count). The van der Waals surface area contributed by atoms with Crippen molar-refractivity contribution in [1.29, 1.82) is 0 Å². The third kappa shape index (κ3) is 5.01. The Morgan fingerprint density at radius 3 is 1.33 bits per heavy atom. The highest BCUT2D eigenvalue weighted by Gasteiger charge is 2.17. The Labute approximate surface area is 279 Å². The van der Waals surface area contributed by atoms with Crippen LogP contribution >= 0.6 is 0 Å². The van der Waals surface area contributed by atoms with Crippen molar-refractivity contribution < 1.29 is 4.42 Å². The minimum absolute atomic E-state index is 0.903. The quantitative estimate of drug-likeness (QED) is 0.185. The molecular formula is C46H31NO. The van der Waals surface area contributed by atoms with Crippen LogP contribution in [0.2, 0.25) is 0 Å². The van der Waals surface area contributed by atoms with Crippen LogP contribution in [0.3, 0.4) is 0 Å². The average Bonchev–Trinajstić information content (AvgIpc) is 3.55. The lowest BCUT2D eigenvalue weighted by Crippen LogP contribution is -2.09. The summed E-state index contributed by atoms with van der Waals surface area (Å²) in [5.41, 5.74) is 12.3. The Morgan fingerprint density at radius 1 is 0.312 bits per heavy atom. The van der Waals surface area contributed by atoms with E-state index in [9.17, 15) is 0 Å². The summed E-state index contributed by atoms with van der Waals surface area (Å²) in [5, 5.41) is 4.63. The lowest BCUT2D eigenvalue weighted by Gasteiger charge is -2.26. The first kappa shape index (κ1) is 27.9. The first-order valence-corrected chi connectivity index (χ1v) is 16.3. The van der Waals surface area contributed by atoms with E-state index in [1.807, 2.05) is 0 Å². The molecule has 0 saturated carbocycles. The fraction of sp³-hybridized carbons (Fsp3) is 0. The van der Waals surface area contributed by atoms with Gasteiger partial charge in [-0.05, 0) is 98.8 Å². The lowest BCUT2D eigenvalue weighted by molar-refractivity contribution is 0.669. The van der Waals surface area contributed by atoms with Gasteiger partial charge in [-0.3, -0.25) is 0 Å². The van der Waals surface area contributed by atoms with Gasteiger partial charge in [0.2, 0.25) is 0 Å². The van der Waals surface area contributed by atoms with E-state index >= 15 is 0 Å². The zero-order valence-electron chi connectivity index (χ0n) is 26.3. The number of anilines is 3. The predicted molar refractivity (Wildman–Crippen MR) is 202 cm³/mol. The van der Waals surface area contributed by atoms with Crippen molar-refractivity contribution >= 4 is 49.8 Å². The maximum absolute atomic E-state index is 6.35. The minimum atomic E-state index is 0.903. The Hall–Kier alpha value is -6.38. The van der Waals surface area contributed by atoms with Crippen LogP contribution in [-0.2, 0) is 0 Å². The molecule has 1 heterocycles. The molecule has 2 heteroatoms. The number of fused-ring (bicyclic) bond motifs is 5. The van der Waals surface area contributed by atoms with Gasteiger partial charge in [0.1, 0.15) is 11.2 Å². The highest BCUT2D eigenvalue weighted by Crippen LogP contribution is 2.41. The number of benzene rings is 8. The second kappa shape index (κ2) is 11.8. The van der Waals surface area contributed by atoms with Crippen LogP contribution in [-0.4, -0.2) is 0 Å². The number of hydrogen-bond donors (Lipinski definition) is 0. The summed E-state index contributed by atoms with van der Waals surface area (Å²) >= 11 is 0. The van der Waals surface area contributed by atoms with Gasteiger partial charge in [0, 0.05) is 27.8 Å². The van der Waals surface area contributed by atoms with Crippen LogP contribution in [0.1, 0.15) is 0 Å². The Balaban J connectivity index is 1.17. The van der Waals surface area contributed by atoms with E-state index in [4.69, 9.17) is 4.42 Å². The van der Waals surface area contributed by atoms with E-state index in [1.165, 1.54) is 44.2 Å². The molecule has 0 amide bonds. The second-order valence-electron chi connectivity index (χ2n) is 12.2. The molecule has 0 unspecified atom stereocenters. The highest BCUT2D eigenvalue weighted by atomic mass is 16.3. The van der Waals surface area contributed by atoms with E-state index in [0.717, 1.165) is 39.0 Å². The number of furan rings is 1. The fourth-order valence-corrected chi connectivity index (χ4v) is 6.86. The predicted octanol–water partition coefficient (Wildman–Crippen LogP) is 13.2. The molecule has 0 spiro atoms. The molecule has 0 radical (unpaired) electrons. The third-order valence-electron chi connectivity index (χ3n) is 9.26. The maximum Gasteiger partial charge on any atom is 0.136 e. The van der Waals surface area contributed by atoms with E-state index in [2.05, 4.69) is 193 Å². The lowest BCUT2D eigenvalue weighted by atomic mass is 9.99. The fourth-order valence-electron chi connectivity index (χ4n) is 6.86. The van der Waals surface area contributed by atoms with Crippen LogP contribution in [0.4, 0.5) is 17.1 Å². The van der Waals surface area contributed by atoms with Crippen LogP contribution in [0.5, 0.6) is 0 Å². The molecule has 0 aliphatic carbocycles. The zero-order valence-corrected chi connectivity index (χ0v) is 26.3. The topological polar surface area (TPSA) is 16.4 Å². The Bertz CT molecular complexity index is 2430. The molecule has 48 heavy (non-hydrogen) atoms. The molecule has 0 N–H and O–H groups in total. The van der Waals surface area contributed by atoms with Crippen molar-refractivity contribution in [3.8, 4) is 33.4 Å². The van der Waals surface area contributed by atoms with Crippen LogP contribution in [0, 0.1) is 0 Å². The van der Waals surface area contributed by atoms with E-state index < -0.39 is 0 Å². The van der Waals surface area contributed by atoms with Crippen molar-refractivity contribution in [2.45, 2.75) is 0 Å². The van der Waals surface area contributed by atoms with Gasteiger partial charge in [-0.2, -0.15) is 0 Å². The molecule has 226 valence electrons. The second-order valence-corrected chi connectivity index (χ2v) is 12.2. The summed E-state index contributed by atoms with van der Waals surface area (Å²) in [6, 6.07) is 66.9. The molecule has 0 atom stereocenters. The standard InChI is InChI=1S/C46H31NO/c1-4-10-32(11-5-1)35-16-22-39(23-17-35)47(40-24-18-36(19-25-40)33-12-6-2-7-13-33)41-26-27-42-38(30-41)21-29-45-46(42)43-31-37(20-28-44(43)48-45)34-14-8-3-9-15-34/h1-31H. The van der Waals surface area contributed by atoms with Crippen molar-refractivity contribution in [1.82, 2.24) is 0 Å².